The van der Waals surface area contributed by atoms with Gasteiger partial charge in [0, 0.05) is 10.6 Å². The lowest BCUT2D eigenvalue weighted by Crippen LogP contribution is -2.41. The van der Waals surface area contributed by atoms with Gasteiger partial charge in [-0.15, -0.1) is 0 Å². The quantitative estimate of drug-likeness (QED) is 0.758. The number of hydrogen-bond acceptors (Lipinski definition) is 2. The van der Waals surface area contributed by atoms with E-state index in [9.17, 15) is 18.0 Å². The van der Waals surface area contributed by atoms with Crippen molar-refractivity contribution in [2.45, 2.75) is 19.0 Å². The molecule has 1 aliphatic heterocycles. The highest BCUT2D eigenvalue weighted by Gasteiger charge is 2.41. The van der Waals surface area contributed by atoms with Gasteiger partial charge in [-0.05, 0) is 44.1 Å². The molecule has 1 aromatic rings. The van der Waals surface area contributed by atoms with Crippen LogP contribution in [-0.2, 0) is 0 Å². The van der Waals surface area contributed by atoms with E-state index in [4.69, 9.17) is 23.2 Å². The lowest BCUT2D eigenvalue weighted by atomic mass is 9.96. The van der Waals surface area contributed by atoms with E-state index in [-0.39, 0.29) is 38.3 Å². The van der Waals surface area contributed by atoms with Crippen LogP contribution in [0.1, 0.15) is 23.2 Å². The molecule has 0 radical (unpaired) electrons. The Balaban J connectivity index is 1.94. The monoisotopic (exact) mass is 339 g/mol. The fourth-order valence-corrected chi connectivity index (χ4v) is 2.81. The molecule has 1 heterocycles. The van der Waals surface area contributed by atoms with Crippen molar-refractivity contribution in [3.63, 3.8) is 0 Å². The van der Waals surface area contributed by atoms with Gasteiger partial charge >= 0.3 is 6.18 Å². The minimum Gasteiger partial charge on any atom is -0.296 e. The van der Waals surface area contributed by atoms with Crippen LogP contribution in [0.3, 0.4) is 0 Å². The number of Topliss-reactive ketones (excluding diaryl/α,β-unsaturated/α-hetero) is 1. The number of alkyl halides is 3. The van der Waals surface area contributed by atoms with Crippen LogP contribution in [0.15, 0.2) is 18.2 Å². The molecule has 0 bridgehead atoms. The van der Waals surface area contributed by atoms with E-state index in [0.29, 0.717) is 15.6 Å². The van der Waals surface area contributed by atoms with Crippen LogP contribution in [0.2, 0.25) is 10.0 Å². The Morgan fingerprint density at radius 1 is 1.24 bits per heavy atom. The number of nitrogens with zero attached hydrogens (tertiary/aromatic N) is 1. The zero-order chi connectivity index (χ0) is 15.6. The van der Waals surface area contributed by atoms with E-state index >= 15 is 0 Å². The van der Waals surface area contributed by atoms with Gasteiger partial charge in [-0.25, -0.2) is 0 Å². The molecule has 0 N–H and O–H groups in total. The van der Waals surface area contributed by atoms with Crippen molar-refractivity contribution in [1.82, 2.24) is 4.90 Å². The molecule has 7 heteroatoms. The minimum absolute atomic E-state index is 0.0278. The van der Waals surface area contributed by atoms with Crippen LogP contribution < -0.4 is 0 Å². The second kappa shape index (κ2) is 6.55. The van der Waals surface area contributed by atoms with E-state index in [2.05, 4.69) is 0 Å². The molecule has 1 aromatic carbocycles. The molecule has 0 amide bonds. The van der Waals surface area contributed by atoms with Crippen LogP contribution >= 0.6 is 23.2 Å². The first kappa shape index (κ1) is 16.6. The topological polar surface area (TPSA) is 20.3 Å². The molecule has 21 heavy (non-hydrogen) atoms. The second-order valence-electron chi connectivity index (χ2n) is 5.14. The Hall–Kier alpha value is -0.780. The summed E-state index contributed by atoms with van der Waals surface area (Å²) in [7, 11) is 0. The Morgan fingerprint density at radius 2 is 1.86 bits per heavy atom. The highest BCUT2D eigenvalue weighted by Crippen LogP contribution is 2.34. The van der Waals surface area contributed by atoms with Crippen molar-refractivity contribution in [2.24, 2.45) is 5.92 Å². The number of benzene rings is 1. The molecule has 0 saturated carbocycles. The van der Waals surface area contributed by atoms with Crippen molar-refractivity contribution in [1.29, 1.82) is 0 Å². The number of carbonyl (C=O) groups is 1. The average molecular weight is 340 g/mol. The van der Waals surface area contributed by atoms with Gasteiger partial charge in [0.05, 0.1) is 17.5 Å². The largest absolute Gasteiger partial charge is 0.391 e. The zero-order valence-electron chi connectivity index (χ0n) is 11.1. The van der Waals surface area contributed by atoms with Crippen molar-refractivity contribution in [3.8, 4) is 0 Å². The van der Waals surface area contributed by atoms with Crippen molar-refractivity contribution in [3.05, 3.63) is 33.8 Å². The van der Waals surface area contributed by atoms with Crippen LogP contribution in [0.4, 0.5) is 13.2 Å². The first-order valence-electron chi connectivity index (χ1n) is 6.54. The van der Waals surface area contributed by atoms with Crippen molar-refractivity contribution < 1.29 is 18.0 Å². The summed E-state index contributed by atoms with van der Waals surface area (Å²) in [4.78, 5) is 13.9. The van der Waals surface area contributed by atoms with E-state index in [1.165, 1.54) is 12.1 Å². The van der Waals surface area contributed by atoms with Crippen LogP contribution in [0.25, 0.3) is 0 Å². The number of piperidine rings is 1. The van der Waals surface area contributed by atoms with Gasteiger partial charge in [0.15, 0.2) is 5.78 Å². The first-order valence-corrected chi connectivity index (χ1v) is 7.30. The minimum atomic E-state index is -4.15. The fourth-order valence-electron chi connectivity index (χ4n) is 2.42. The third-order valence-corrected chi connectivity index (χ3v) is 4.21. The lowest BCUT2D eigenvalue weighted by Gasteiger charge is -2.32. The summed E-state index contributed by atoms with van der Waals surface area (Å²) in [6, 6.07) is 4.59. The molecule has 0 unspecified atom stereocenters. The third-order valence-electron chi connectivity index (χ3n) is 3.65. The smallest absolute Gasteiger partial charge is 0.296 e. The Labute approximate surface area is 130 Å². The summed E-state index contributed by atoms with van der Waals surface area (Å²) in [6.45, 7) is 0.576. The summed E-state index contributed by atoms with van der Waals surface area (Å²) in [5.74, 6) is -1.49. The van der Waals surface area contributed by atoms with E-state index in [1.54, 1.807) is 11.0 Å². The van der Waals surface area contributed by atoms with Gasteiger partial charge in [0.1, 0.15) is 0 Å². The number of likely N-dealkylation sites (tertiary alicyclic amines) is 1. The van der Waals surface area contributed by atoms with E-state index in [0.717, 1.165) is 0 Å². The molecule has 0 spiro atoms. The molecule has 116 valence electrons. The van der Waals surface area contributed by atoms with Gasteiger partial charge in [0.2, 0.25) is 0 Å². The van der Waals surface area contributed by atoms with Crippen molar-refractivity contribution >= 4 is 29.0 Å². The zero-order valence-corrected chi connectivity index (χ0v) is 12.6. The first-order chi connectivity index (χ1) is 9.77. The Kier molecular flexibility index (Phi) is 5.17. The van der Waals surface area contributed by atoms with Crippen LogP contribution in [-0.4, -0.2) is 36.5 Å². The molecule has 0 aliphatic carbocycles. The molecular formula is C14H14Cl2F3NO. The van der Waals surface area contributed by atoms with Gasteiger partial charge in [-0.1, -0.05) is 23.2 Å². The summed E-state index contributed by atoms with van der Waals surface area (Å²) in [5.41, 5.74) is 0.308. The molecule has 1 fully saturated rings. The number of rotatable bonds is 3. The summed E-state index contributed by atoms with van der Waals surface area (Å²) >= 11 is 11.8. The molecule has 1 aliphatic rings. The molecule has 0 aromatic heterocycles. The average Bonchev–Trinajstić information content (AvgIpc) is 2.41. The Morgan fingerprint density at radius 3 is 2.43 bits per heavy atom. The van der Waals surface area contributed by atoms with Gasteiger partial charge in [0.25, 0.3) is 0 Å². The predicted molar refractivity (Wildman–Crippen MR) is 76.0 cm³/mol. The predicted octanol–water partition coefficient (Wildman–Crippen LogP) is 4.45. The molecule has 2 nitrogen and oxygen atoms in total. The molecule has 1 saturated heterocycles. The summed E-state index contributed by atoms with van der Waals surface area (Å²) in [6.07, 6.45) is -4.09. The number of halogens is 5. The molecule has 2 rings (SSSR count). The maximum Gasteiger partial charge on any atom is 0.391 e. The Bertz CT molecular complexity index is 525. The van der Waals surface area contributed by atoms with Crippen LogP contribution in [0.5, 0.6) is 0 Å². The van der Waals surface area contributed by atoms with E-state index in [1.807, 2.05) is 0 Å². The highest BCUT2D eigenvalue weighted by atomic mass is 35.5. The normalized spacial score (nSPS) is 18.0. The van der Waals surface area contributed by atoms with Gasteiger partial charge < -0.3 is 0 Å². The maximum absolute atomic E-state index is 12.6. The number of carbonyl (C=O) groups excluding carboxylic acids is 1. The third kappa shape index (κ3) is 4.34. The lowest BCUT2D eigenvalue weighted by molar-refractivity contribution is -0.184. The number of hydrogen-bond donors (Lipinski definition) is 0. The summed E-state index contributed by atoms with van der Waals surface area (Å²) < 4.78 is 37.7. The fraction of sp³-hybridized carbons (Fsp3) is 0.500. The highest BCUT2D eigenvalue weighted by molar-refractivity contribution is 6.36. The molecule has 0 atom stereocenters. The van der Waals surface area contributed by atoms with Gasteiger partial charge in [-0.2, -0.15) is 13.2 Å². The maximum atomic E-state index is 12.6. The van der Waals surface area contributed by atoms with Crippen molar-refractivity contribution in [2.75, 3.05) is 19.6 Å². The van der Waals surface area contributed by atoms with Crippen LogP contribution in [0, 0.1) is 5.92 Å². The molecular weight excluding hydrogens is 326 g/mol. The second-order valence-corrected chi connectivity index (χ2v) is 5.98. The SMILES string of the molecule is O=C(CN1CCC(C(F)(F)F)CC1)c1cc(Cl)ccc1Cl. The summed E-state index contributed by atoms with van der Waals surface area (Å²) in [5, 5.41) is 0.702. The standard InChI is InChI=1S/C14H14Cl2F3NO/c15-10-1-2-12(16)11(7-10)13(21)8-20-5-3-9(4-6-20)14(17,18)19/h1-2,7,9H,3-6,8H2. The van der Waals surface area contributed by atoms with Gasteiger partial charge in [-0.3, -0.25) is 9.69 Å². The number of ketones is 1. The van der Waals surface area contributed by atoms with E-state index < -0.39 is 12.1 Å².